The average molecular weight is 233 g/mol. The van der Waals surface area contributed by atoms with E-state index in [2.05, 4.69) is 20.4 Å². The summed E-state index contributed by atoms with van der Waals surface area (Å²) in [6.07, 6.45) is 5.68. The van der Waals surface area contributed by atoms with Gasteiger partial charge in [-0.05, 0) is 19.4 Å². The fourth-order valence-corrected chi connectivity index (χ4v) is 2.11. The van der Waals surface area contributed by atoms with Crippen LogP contribution in [0.1, 0.15) is 12.8 Å². The van der Waals surface area contributed by atoms with E-state index in [0.717, 1.165) is 37.0 Å². The molecular weight excluding hydrogens is 218 g/mol. The third-order valence-electron chi connectivity index (χ3n) is 3.02. The van der Waals surface area contributed by atoms with Crippen LogP contribution in [-0.4, -0.2) is 38.9 Å². The van der Waals surface area contributed by atoms with Crippen molar-refractivity contribution in [2.75, 3.05) is 13.1 Å². The van der Waals surface area contributed by atoms with Crippen LogP contribution in [-0.2, 0) is 7.05 Å². The van der Waals surface area contributed by atoms with Crippen LogP contribution in [0.25, 0.3) is 11.0 Å². The van der Waals surface area contributed by atoms with Gasteiger partial charge in [-0.1, -0.05) is 0 Å². The molecule has 1 aliphatic heterocycles. The van der Waals surface area contributed by atoms with Gasteiger partial charge < -0.3 is 10.1 Å². The second-order valence-corrected chi connectivity index (χ2v) is 4.27. The highest BCUT2D eigenvalue weighted by molar-refractivity contribution is 5.79. The molecule has 1 N–H and O–H groups in total. The van der Waals surface area contributed by atoms with Crippen LogP contribution in [0.5, 0.6) is 5.88 Å². The van der Waals surface area contributed by atoms with Gasteiger partial charge in [0.1, 0.15) is 17.8 Å². The van der Waals surface area contributed by atoms with Gasteiger partial charge in [-0.3, -0.25) is 4.68 Å². The summed E-state index contributed by atoms with van der Waals surface area (Å²) < 4.78 is 7.64. The molecule has 0 radical (unpaired) electrons. The summed E-state index contributed by atoms with van der Waals surface area (Å²) >= 11 is 0. The van der Waals surface area contributed by atoms with Crippen molar-refractivity contribution in [1.82, 2.24) is 25.1 Å². The third kappa shape index (κ3) is 1.95. The first kappa shape index (κ1) is 10.5. The molecule has 0 unspecified atom stereocenters. The molecule has 90 valence electrons. The Labute approximate surface area is 99.0 Å². The van der Waals surface area contributed by atoms with Crippen LogP contribution in [0.3, 0.4) is 0 Å². The summed E-state index contributed by atoms with van der Waals surface area (Å²) in [5, 5.41) is 8.36. The summed E-state index contributed by atoms with van der Waals surface area (Å²) in [6.45, 7) is 1.96. The Morgan fingerprint density at radius 3 is 3.24 bits per heavy atom. The fraction of sp³-hybridized carbons (Fsp3) is 0.545. The van der Waals surface area contributed by atoms with E-state index in [4.69, 9.17) is 4.74 Å². The van der Waals surface area contributed by atoms with Crippen molar-refractivity contribution in [3.63, 3.8) is 0 Å². The van der Waals surface area contributed by atoms with Crippen molar-refractivity contribution in [2.24, 2.45) is 7.05 Å². The van der Waals surface area contributed by atoms with E-state index in [-0.39, 0.29) is 6.10 Å². The van der Waals surface area contributed by atoms with Gasteiger partial charge in [0.15, 0.2) is 5.65 Å². The lowest BCUT2D eigenvalue weighted by molar-refractivity contribution is 0.162. The molecule has 1 saturated heterocycles. The van der Waals surface area contributed by atoms with Gasteiger partial charge in [-0.25, -0.2) is 9.97 Å². The molecule has 1 fully saturated rings. The van der Waals surface area contributed by atoms with Gasteiger partial charge in [-0.15, -0.1) is 0 Å². The predicted molar refractivity (Wildman–Crippen MR) is 62.8 cm³/mol. The predicted octanol–water partition coefficient (Wildman–Crippen LogP) is 0.494. The third-order valence-corrected chi connectivity index (χ3v) is 3.02. The SMILES string of the molecule is Cn1ncc2c(O[C@H]3CCCNC3)ncnc21. The van der Waals surface area contributed by atoms with E-state index < -0.39 is 0 Å². The van der Waals surface area contributed by atoms with Crippen LogP contribution in [0.4, 0.5) is 0 Å². The second kappa shape index (κ2) is 4.29. The Kier molecular flexibility index (Phi) is 2.64. The van der Waals surface area contributed by atoms with E-state index in [0.29, 0.717) is 5.88 Å². The molecule has 6 nitrogen and oxygen atoms in total. The lowest BCUT2D eigenvalue weighted by Crippen LogP contribution is -2.37. The highest BCUT2D eigenvalue weighted by Gasteiger charge is 2.17. The maximum absolute atomic E-state index is 5.91. The van der Waals surface area contributed by atoms with E-state index in [1.807, 2.05) is 7.05 Å². The summed E-state index contributed by atoms with van der Waals surface area (Å²) in [4.78, 5) is 8.39. The summed E-state index contributed by atoms with van der Waals surface area (Å²) in [7, 11) is 1.86. The van der Waals surface area contributed by atoms with E-state index in [1.165, 1.54) is 6.33 Å². The molecule has 0 aliphatic carbocycles. The normalized spacial score (nSPS) is 20.6. The molecule has 2 aromatic heterocycles. The molecular formula is C11H15N5O. The molecule has 0 aromatic carbocycles. The number of nitrogens with one attached hydrogen (secondary N) is 1. The van der Waals surface area contributed by atoms with E-state index >= 15 is 0 Å². The van der Waals surface area contributed by atoms with Crippen LogP contribution < -0.4 is 10.1 Å². The molecule has 1 atom stereocenters. The molecule has 0 amide bonds. The van der Waals surface area contributed by atoms with Crippen molar-refractivity contribution in [3.8, 4) is 5.88 Å². The summed E-state index contributed by atoms with van der Waals surface area (Å²) in [5.74, 6) is 0.636. The van der Waals surface area contributed by atoms with E-state index in [9.17, 15) is 0 Å². The zero-order chi connectivity index (χ0) is 11.7. The zero-order valence-corrected chi connectivity index (χ0v) is 9.76. The van der Waals surface area contributed by atoms with Crippen LogP contribution in [0, 0.1) is 0 Å². The van der Waals surface area contributed by atoms with Crippen LogP contribution >= 0.6 is 0 Å². The minimum absolute atomic E-state index is 0.196. The molecule has 0 spiro atoms. The Hall–Kier alpha value is -1.69. The Bertz CT molecular complexity index is 518. The van der Waals surface area contributed by atoms with Crippen molar-refractivity contribution in [2.45, 2.75) is 18.9 Å². The number of rotatable bonds is 2. The molecule has 17 heavy (non-hydrogen) atoms. The number of fused-ring (bicyclic) bond motifs is 1. The maximum atomic E-state index is 5.91. The van der Waals surface area contributed by atoms with Gasteiger partial charge in [0.05, 0.1) is 6.20 Å². The van der Waals surface area contributed by atoms with Crippen LogP contribution in [0.15, 0.2) is 12.5 Å². The Morgan fingerprint density at radius 1 is 1.47 bits per heavy atom. The highest BCUT2D eigenvalue weighted by atomic mass is 16.5. The minimum atomic E-state index is 0.196. The number of aromatic nitrogens is 4. The number of ether oxygens (including phenoxy) is 1. The first-order chi connectivity index (χ1) is 8.34. The zero-order valence-electron chi connectivity index (χ0n) is 9.76. The smallest absolute Gasteiger partial charge is 0.228 e. The fourth-order valence-electron chi connectivity index (χ4n) is 2.11. The van der Waals surface area contributed by atoms with Gasteiger partial charge in [-0.2, -0.15) is 5.10 Å². The highest BCUT2D eigenvalue weighted by Crippen LogP contribution is 2.22. The average Bonchev–Trinajstić information content (AvgIpc) is 2.74. The molecule has 0 bridgehead atoms. The quantitative estimate of drug-likeness (QED) is 0.818. The van der Waals surface area contributed by atoms with Crippen molar-refractivity contribution in [1.29, 1.82) is 0 Å². The number of hydrogen-bond acceptors (Lipinski definition) is 5. The standard InChI is InChI=1S/C11H15N5O/c1-16-10-9(6-15-16)11(14-7-13-10)17-8-3-2-4-12-5-8/h6-8,12H,2-5H2,1H3/t8-/m0/s1. The second-order valence-electron chi connectivity index (χ2n) is 4.27. The Morgan fingerprint density at radius 2 is 2.41 bits per heavy atom. The molecule has 6 heteroatoms. The number of piperidine rings is 1. The monoisotopic (exact) mass is 233 g/mol. The molecule has 0 saturated carbocycles. The lowest BCUT2D eigenvalue weighted by atomic mass is 10.1. The van der Waals surface area contributed by atoms with Gasteiger partial charge in [0.2, 0.25) is 5.88 Å². The molecule has 2 aromatic rings. The molecule has 1 aliphatic rings. The van der Waals surface area contributed by atoms with Gasteiger partial charge in [0, 0.05) is 13.6 Å². The number of hydrogen-bond donors (Lipinski definition) is 1. The largest absolute Gasteiger partial charge is 0.472 e. The van der Waals surface area contributed by atoms with Crippen molar-refractivity contribution in [3.05, 3.63) is 12.5 Å². The first-order valence-electron chi connectivity index (χ1n) is 5.84. The maximum Gasteiger partial charge on any atom is 0.228 e. The van der Waals surface area contributed by atoms with Crippen molar-refractivity contribution < 1.29 is 4.74 Å². The summed E-state index contributed by atoms with van der Waals surface area (Å²) in [5.41, 5.74) is 0.804. The number of nitrogens with zero attached hydrogens (tertiary/aromatic N) is 4. The molecule has 3 heterocycles. The topological polar surface area (TPSA) is 64.9 Å². The minimum Gasteiger partial charge on any atom is -0.472 e. The summed E-state index contributed by atoms with van der Waals surface area (Å²) in [6, 6.07) is 0. The van der Waals surface area contributed by atoms with Gasteiger partial charge >= 0.3 is 0 Å². The van der Waals surface area contributed by atoms with Crippen molar-refractivity contribution >= 4 is 11.0 Å². The number of aryl methyl sites for hydroxylation is 1. The first-order valence-corrected chi connectivity index (χ1v) is 5.84. The lowest BCUT2D eigenvalue weighted by Gasteiger charge is -2.23. The Balaban J connectivity index is 1.89. The van der Waals surface area contributed by atoms with Gasteiger partial charge in [0.25, 0.3) is 0 Å². The molecule has 3 rings (SSSR count). The van der Waals surface area contributed by atoms with E-state index in [1.54, 1.807) is 10.9 Å². The van der Waals surface area contributed by atoms with Crippen LogP contribution in [0.2, 0.25) is 0 Å².